The van der Waals surface area contributed by atoms with Crippen molar-refractivity contribution < 1.29 is 4.42 Å². The molecule has 0 fully saturated rings. The number of thioether (sulfide) groups is 1. The van der Waals surface area contributed by atoms with Gasteiger partial charge in [-0.2, -0.15) is 11.8 Å². The summed E-state index contributed by atoms with van der Waals surface area (Å²) in [4.78, 5) is 0. The molecule has 0 aliphatic heterocycles. The first-order valence-electron chi connectivity index (χ1n) is 5.46. The number of furan rings is 1. The van der Waals surface area contributed by atoms with Crippen molar-refractivity contribution in [3.8, 4) is 0 Å². The minimum Gasteiger partial charge on any atom is -0.468 e. The first-order valence-corrected chi connectivity index (χ1v) is 6.61. The molecule has 1 unspecified atom stereocenters. The van der Waals surface area contributed by atoms with Crippen molar-refractivity contribution in [2.24, 2.45) is 17.6 Å². The van der Waals surface area contributed by atoms with E-state index in [2.05, 4.69) is 20.8 Å². The van der Waals surface area contributed by atoms with Crippen LogP contribution in [-0.4, -0.2) is 12.3 Å². The topological polar surface area (TPSA) is 39.2 Å². The van der Waals surface area contributed by atoms with Gasteiger partial charge in [0.2, 0.25) is 0 Å². The van der Waals surface area contributed by atoms with Gasteiger partial charge in [0.05, 0.1) is 12.0 Å². The lowest BCUT2D eigenvalue weighted by Crippen LogP contribution is -2.22. The van der Waals surface area contributed by atoms with Crippen molar-refractivity contribution in [1.82, 2.24) is 0 Å². The minimum atomic E-state index is 0.616. The highest BCUT2D eigenvalue weighted by molar-refractivity contribution is 7.98. The molecule has 15 heavy (non-hydrogen) atoms. The monoisotopic (exact) mass is 227 g/mol. The Labute approximate surface area is 96.6 Å². The quantitative estimate of drug-likeness (QED) is 0.812. The van der Waals surface area contributed by atoms with Gasteiger partial charge >= 0.3 is 0 Å². The summed E-state index contributed by atoms with van der Waals surface area (Å²) < 4.78 is 5.39. The molecule has 1 aromatic heterocycles. The molecule has 86 valence electrons. The largest absolute Gasteiger partial charge is 0.468 e. The zero-order valence-corrected chi connectivity index (χ0v) is 10.6. The summed E-state index contributed by atoms with van der Waals surface area (Å²) in [7, 11) is 0. The van der Waals surface area contributed by atoms with Crippen LogP contribution < -0.4 is 5.73 Å². The highest BCUT2D eigenvalue weighted by atomic mass is 32.2. The molecular weight excluding hydrogens is 206 g/mol. The SMILES string of the molecule is Cc1ccoc1CSCC(CN)C(C)C. The van der Waals surface area contributed by atoms with Crippen molar-refractivity contribution in [1.29, 1.82) is 0 Å². The van der Waals surface area contributed by atoms with Crippen LogP contribution in [0.15, 0.2) is 16.7 Å². The van der Waals surface area contributed by atoms with E-state index in [1.165, 1.54) is 5.56 Å². The lowest BCUT2D eigenvalue weighted by Gasteiger charge is -2.17. The van der Waals surface area contributed by atoms with Gasteiger partial charge in [0.1, 0.15) is 5.76 Å². The van der Waals surface area contributed by atoms with E-state index in [4.69, 9.17) is 10.2 Å². The maximum atomic E-state index is 5.73. The maximum absolute atomic E-state index is 5.73. The fourth-order valence-corrected chi connectivity index (χ4v) is 2.81. The summed E-state index contributed by atoms with van der Waals surface area (Å²) in [5.41, 5.74) is 6.97. The molecule has 3 heteroatoms. The smallest absolute Gasteiger partial charge is 0.116 e. The van der Waals surface area contributed by atoms with Gasteiger partial charge < -0.3 is 10.2 Å². The van der Waals surface area contributed by atoms with Crippen LogP contribution in [0.4, 0.5) is 0 Å². The third kappa shape index (κ3) is 3.92. The molecule has 1 heterocycles. The number of rotatable bonds is 6. The van der Waals surface area contributed by atoms with E-state index in [1.54, 1.807) is 6.26 Å². The van der Waals surface area contributed by atoms with Crippen molar-refractivity contribution in [3.63, 3.8) is 0 Å². The highest BCUT2D eigenvalue weighted by Gasteiger charge is 2.12. The molecular formula is C12H21NOS. The number of hydrogen-bond acceptors (Lipinski definition) is 3. The Kier molecular flexibility index (Phi) is 5.26. The van der Waals surface area contributed by atoms with Crippen LogP contribution in [0.25, 0.3) is 0 Å². The van der Waals surface area contributed by atoms with Gasteiger partial charge in [-0.3, -0.25) is 0 Å². The molecule has 2 nitrogen and oxygen atoms in total. The Bertz CT molecular complexity index is 283. The van der Waals surface area contributed by atoms with Crippen LogP contribution >= 0.6 is 11.8 Å². The van der Waals surface area contributed by atoms with Crippen LogP contribution in [0.1, 0.15) is 25.2 Å². The molecule has 0 saturated carbocycles. The van der Waals surface area contributed by atoms with Crippen LogP contribution in [0, 0.1) is 18.8 Å². The van der Waals surface area contributed by atoms with Gasteiger partial charge in [0, 0.05) is 0 Å². The Morgan fingerprint density at radius 2 is 2.20 bits per heavy atom. The van der Waals surface area contributed by atoms with Gasteiger partial charge in [0.15, 0.2) is 0 Å². The molecule has 2 N–H and O–H groups in total. The minimum absolute atomic E-state index is 0.616. The summed E-state index contributed by atoms with van der Waals surface area (Å²) >= 11 is 1.91. The maximum Gasteiger partial charge on any atom is 0.116 e. The van der Waals surface area contributed by atoms with Crippen LogP contribution in [0.3, 0.4) is 0 Å². The fourth-order valence-electron chi connectivity index (χ4n) is 1.39. The fraction of sp³-hybridized carbons (Fsp3) is 0.667. The van der Waals surface area contributed by atoms with Crippen molar-refractivity contribution in [2.75, 3.05) is 12.3 Å². The van der Waals surface area contributed by atoms with Gasteiger partial charge in [-0.1, -0.05) is 13.8 Å². The molecule has 1 aromatic rings. The first-order chi connectivity index (χ1) is 7.15. The summed E-state index contributed by atoms with van der Waals surface area (Å²) in [6, 6.07) is 2.01. The molecule has 0 spiro atoms. The molecule has 0 aliphatic carbocycles. The van der Waals surface area contributed by atoms with Crippen molar-refractivity contribution >= 4 is 11.8 Å². The lowest BCUT2D eigenvalue weighted by molar-refractivity contribution is 0.436. The zero-order chi connectivity index (χ0) is 11.3. The van der Waals surface area contributed by atoms with Crippen LogP contribution in [-0.2, 0) is 5.75 Å². The highest BCUT2D eigenvalue weighted by Crippen LogP contribution is 2.21. The van der Waals surface area contributed by atoms with E-state index in [-0.39, 0.29) is 0 Å². The number of hydrogen-bond donors (Lipinski definition) is 1. The van der Waals surface area contributed by atoms with E-state index >= 15 is 0 Å². The molecule has 1 rings (SSSR count). The molecule has 0 aliphatic rings. The predicted molar refractivity (Wildman–Crippen MR) is 67.0 cm³/mol. The van der Waals surface area contributed by atoms with Crippen molar-refractivity contribution in [3.05, 3.63) is 23.7 Å². The second-order valence-electron chi connectivity index (χ2n) is 4.28. The Hall–Kier alpha value is -0.410. The van der Waals surface area contributed by atoms with Crippen LogP contribution in [0.2, 0.25) is 0 Å². The van der Waals surface area contributed by atoms with E-state index in [9.17, 15) is 0 Å². The van der Waals surface area contributed by atoms with E-state index in [0.29, 0.717) is 11.8 Å². The predicted octanol–water partition coefficient (Wildman–Crippen LogP) is 3.05. The van der Waals surface area contributed by atoms with E-state index < -0.39 is 0 Å². The Balaban J connectivity index is 2.29. The second kappa shape index (κ2) is 6.23. The summed E-state index contributed by atoms with van der Waals surface area (Å²) in [6.07, 6.45) is 1.76. The van der Waals surface area contributed by atoms with Crippen molar-refractivity contribution in [2.45, 2.75) is 26.5 Å². The first kappa shape index (κ1) is 12.7. The molecule has 0 amide bonds. The molecule has 1 atom stereocenters. The molecule has 0 aromatic carbocycles. The van der Waals surface area contributed by atoms with Gasteiger partial charge in [-0.15, -0.1) is 0 Å². The van der Waals surface area contributed by atoms with Gasteiger partial charge in [-0.05, 0) is 42.7 Å². The summed E-state index contributed by atoms with van der Waals surface area (Å²) in [5, 5.41) is 0. The summed E-state index contributed by atoms with van der Waals surface area (Å²) in [5.74, 6) is 4.46. The van der Waals surface area contributed by atoms with Crippen LogP contribution in [0.5, 0.6) is 0 Å². The Morgan fingerprint density at radius 1 is 1.47 bits per heavy atom. The lowest BCUT2D eigenvalue weighted by atomic mass is 9.98. The second-order valence-corrected chi connectivity index (χ2v) is 5.31. The molecule has 0 radical (unpaired) electrons. The Morgan fingerprint density at radius 3 is 2.67 bits per heavy atom. The number of aryl methyl sites for hydroxylation is 1. The average Bonchev–Trinajstić information content (AvgIpc) is 2.58. The third-order valence-corrected chi connectivity index (χ3v) is 3.91. The average molecular weight is 227 g/mol. The zero-order valence-electron chi connectivity index (χ0n) is 9.82. The molecule has 0 saturated heterocycles. The standard InChI is InChI=1S/C12H21NOS/c1-9(2)11(6-13)7-15-8-12-10(3)4-5-14-12/h4-5,9,11H,6-8,13H2,1-3H3. The number of nitrogens with two attached hydrogens (primary N) is 1. The normalized spacial score (nSPS) is 13.4. The van der Waals surface area contributed by atoms with Gasteiger partial charge in [0.25, 0.3) is 0 Å². The van der Waals surface area contributed by atoms with Gasteiger partial charge in [-0.25, -0.2) is 0 Å². The van der Waals surface area contributed by atoms with E-state index in [0.717, 1.165) is 23.8 Å². The summed E-state index contributed by atoms with van der Waals surface area (Å²) in [6.45, 7) is 7.33. The van der Waals surface area contributed by atoms with E-state index in [1.807, 2.05) is 17.8 Å². The third-order valence-electron chi connectivity index (χ3n) is 2.78. The molecule has 0 bridgehead atoms.